The van der Waals surface area contributed by atoms with E-state index in [2.05, 4.69) is 15.0 Å². The predicted molar refractivity (Wildman–Crippen MR) is 74.2 cm³/mol. The van der Waals surface area contributed by atoms with Gasteiger partial charge in [-0.25, -0.2) is 4.98 Å². The number of imidazole rings is 1. The van der Waals surface area contributed by atoms with E-state index in [1.165, 1.54) is 6.33 Å². The van der Waals surface area contributed by atoms with Crippen molar-refractivity contribution in [3.8, 4) is 0 Å². The van der Waals surface area contributed by atoms with Gasteiger partial charge >= 0.3 is 0 Å². The highest BCUT2D eigenvalue weighted by molar-refractivity contribution is 5.71. The van der Waals surface area contributed by atoms with Gasteiger partial charge in [-0.2, -0.15) is 4.98 Å². The number of hydrogen-bond donors (Lipinski definition) is 3. The van der Waals surface area contributed by atoms with Gasteiger partial charge in [-0.15, -0.1) is 0 Å². The van der Waals surface area contributed by atoms with Crippen LogP contribution in [0.5, 0.6) is 0 Å². The molecule has 20 heavy (non-hydrogen) atoms. The van der Waals surface area contributed by atoms with Crippen molar-refractivity contribution in [2.24, 2.45) is 0 Å². The third kappa shape index (κ3) is 1.94. The second-order valence-electron chi connectivity index (χ2n) is 4.38. The van der Waals surface area contributed by atoms with Crippen molar-refractivity contribution in [2.75, 3.05) is 12.3 Å². The number of nitrogens with one attached hydrogen (secondary N) is 1. The zero-order chi connectivity index (χ0) is 14.1. The highest BCUT2D eigenvalue weighted by Gasteiger charge is 2.18. The van der Waals surface area contributed by atoms with Crippen LogP contribution >= 0.6 is 0 Å². The summed E-state index contributed by atoms with van der Waals surface area (Å²) in [6.45, 7) is -0.153. The lowest BCUT2D eigenvalue weighted by Gasteiger charge is -2.16. The summed E-state index contributed by atoms with van der Waals surface area (Å²) in [7, 11) is 0. The van der Waals surface area contributed by atoms with E-state index in [9.17, 15) is 9.90 Å². The number of nitrogens with zero attached hydrogens (tertiary/aromatic N) is 3. The van der Waals surface area contributed by atoms with Crippen molar-refractivity contribution in [1.29, 1.82) is 0 Å². The van der Waals surface area contributed by atoms with Crippen LogP contribution < -0.4 is 11.3 Å². The van der Waals surface area contributed by atoms with E-state index in [4.69, 9.17) is 5.73 Å². The number of fused-ring (bicyclic) bond motifs is 1. The van der Waals surface area contributed by atoms with Gasteiger partial charge in [0.25, 0.3) is 5.56 Å². The predicted octanol–water partition coefficient (Wildman–Crippen LogP) is 0.283. The minimum atomic E-state index is -0.396. The maximum Gasteiger partial charge on any atom is 0.278 e. The Labute approximate surface area is 113 Å². The molecule has 0 spiro atoms. The molecular weight excluding hydrogens is 258 g/mol. The monoisotopic (exact) mass is 271 g/mol. The fraction of sp³-hybridized carbons (Fsp3) is 0.154. The van der Waals surface area contributed by atoms with E-state index in [1.54, 1.807) is 4.57 Å². The van der Waals surface area contributed by atoms with E-state index in [-0.39, 0.29) is 23.8 Å². The van der Waals surface area contributed by atoms with Gasteiger partial charge in [0, 0.05) is 0 Å². The first-order valence-corrected chi connectivity index (χ1v) is 6.09. The van der Waals surface area contributed by atoms with Crippen molar-refractivity contribution in [2.45, 2.75) is 6.04 Å². The van der Waals surface area contributed by atoms with Crippen molar-refractivity contribution < 1.29 is 5.11 Å². The average molecular weight is 271 g/mol. The van der Waals surface area contributed by atoms with E-state index in [0.717, 1.165) is 5.56 Å². The van der Waals surface area contributed by atoms with E-state index in [1.807, 2.05) is 30.3 Å². The van der Waals surface area contributed by atoms with Crippen molar-refractivity contribution in [3.63, 3.8) is 0 Å². The van der Waals surface area contributed by atoms with Crippen LogP contribution in [-0.2, 0) is 0 Å². The third-order valence-electron chi connectivity index (χ3n) is 3.15. The molecule has 1 unspecified atom stereocenters. The molecule has 4 N–H and O–H groups in total. The number of aromatic amines is 1. The molecule has 0 fully saturated rings. The molecule has 0 amide bonds. The molecule has 0 bridgehead atoms. The van der Waals surface area contributed by atoms with Gasteiger partial charge < -0.3 is 15.4 Å². The fourth-order valence-corrected chi connectivity index (χ4v) is 2.23. The minimum absolute atomic E-state index is 0.0213. The topological polar surface area (TPSA) is 110 Å². The Morgan fingerprint density at radius 3 is 2.80 bits per heavy atom. The summed E-state index contributed by atoms with van der Waals surface area (Å²) in [5, 5.41) is 9.65. The number of anilines is 1. The Hall–Kier alpha value is -2.67. The van der Waals surface area contributed by atoms with Gasteiger partial charge in [-0.05, 0) is 5.56 Å². The molecule has 0 aliphatic heterocycles. The molecular formula is C13H13N5O2. The molecule has 0 aliphatic carbocycles. The number of H-pyrrole nitrogens is 1. The number of aliphatic hydroxyl groups is 1. The normalized spacial score (nSPS) is 12.7. The van der Waals surface area contributed by atoms with Gasteiger partial charge in [0.15, 0.2) is 11.2 Å². The van der Waals surface area contributed by atoms with Crippen LogP contribution in [0.4, 0.5) is 5.95 Å². The molecule has 102 valence electrons. The Balaban J connectivity index is 2.21. The molecule has 3 rings (SSSR count). The minimum Gasteiger partial charge on any atom is -0.394 e. The molecule has 7 nitrogen and oxygen atoms in total. The maximum absolute atomic E-state index is 12.0. The fourth-order valence-electron chi connectivity index (χ4n) is 2.23. The number of aromatic nitrogens is 4. The molecule has 2 heterocycles. The number of hydrogen-bond acceptors (Lipinski definition) is 5. The summed E-state index contributed by atoms with van der Waals surface area (Å²) in [6.07, 6.45) is 1.49. The first-order chi connectivity index (χ1) is 9.70. The molecule has 1 atom stereocenters. The van der Waals surface area contributed by atoms with Crippen LogP contribution in [0.1, 0.15) is 11.6 Å². The van der Waals surface area contributed by atoms with E-state index < -0.39 is 6.04 Å². The highest BCUT2D eigenvalue weighted by atomic mass is 16.3. The summed E-state index contributed by atoms with van der Waals surface area (Å²) < 4.78 is 1.61. The van der Waals surface area contributed by atoms with E-state index in [0.29, 0.717) is 5.52 Å². The summed E-state index contributed by atoms with van der Waals surface area (Å²) in [6, 6.07) is 9.00. The zero-order valence-electron chi connectivity index (χ0n) is 10.5. The van der Waals surface area contributed by atoms with Crippen molar-refractivity contribution in [1.82, 2.24) is 19.5 Å². The van der Waals surface area contributed by atoms with Gasteiger partial charge in [0.1, 0.15) is 0 Å². The number of nitrogens with two attached hydrogens (primary N) is 1. The number of nitrogen functional groups attached to an aromatic ring is 1. The van der Waals surface area contributed by atoms with Crippen LogP contribution in [-0.4, -0.2) is 31.2 Å². The second kappa shape index (κ2) is 4.78. The number of aliphatic hydroxyl groups excluding tert-OH is 1. The standard InChI is InChI=1S/C13H13N5O2/c14-13-16-11-10(12(20)17-13)18(7-15-11)9(6-19)8-4-2-1-3-5-8/h1-5,7,9,19H,6H2,(H3,14,16,17,20). The zero-order valence-corrected chi connectivity index (χ0v) is 10.5. The van der Waals surface area contributed by atoms with Gasteiger partial charge in [-0.1, -0.05) is 30.3 Å². The van der Waals surface area contributed by atoms with Crippen molar-refractivity contribution >= 4 is 17.1 Å². The van der Waals surface area contributed by atoms with Crippen LogP contribution in [0.2, 0.25) is 0 Å². The second-order valence-corrected chi connectivity index (χ2v) is 4.38. The Morgan fingerprint density at radius 2 is 2.10 bits per heavy atom. The van der Waals surface area contributed by atoms with Crippen LogP contribution in [0.25, 0.3) is 11.2 Å². The Bertz CT molecular complexity index is 793. The smallest absolute Gasteiger partial charge is 0.278 e. The van der Waals surface area contributed by atoms with E-state index >= 15 is 0 Å². The lowest BCUT2D eigenvalue weighted by atomic mass is 10.1. The first kappa shape index (κ1) is 12.4. The number of benzene rings is 1. The molecule has 1 aromatic carbocycles. The van der Waals surface area contributed by atoms with Crippen molar-refractivity contribution in [3.05, 3.63) is 52.6 Å². The molecule has 0 saturated heterocycles. The summed E-state index contributed by atoms with van der Waals surface area (Å²) in [4.78, 5) is 22.5. The van der Waals surface area contributed by atoms with Crippen LogP contribution in [0.15, 0.2) is 41.5 Å². The Morgan fingerprint density at radius 1 is 1.35 bits per heavy atom. The molecule has 2 aromatic heterocycles. The van der Waals surface area contributed by atoms with Gasteiger partial charge in [-0.3, -0.25) is 9.78 Å². The average Bonchev–Trinajstić information content (AvgIpc) is 2.85. The quantitative estimate of drug-likeness (QED) is 0.634. The van der Waals surface area contributed by atoms with Crippen LogP contribution in [0, 0.1) is 0 Å². The molecule has 7 heteroatoms. The molecule has 0 saturated carbocycles. The summed E-state index contributed by atoms with van der Waals surface area (Å²) >= 11 is 0. The third-order valence-corrected chi connectivity index (χ3v) is 3.15. The van der Waals surface area contributed by atoms with Crippen LogP contribution in [0.3, 0.4) is 0 Å². The largest absolute Gasteiger partial charge is 0.394 e. The Kier molecular flexibility index (Phi) is 2.96. The highest BCUT2D eigenvalue weighted by Crippen LogP contribution is 2.20. The lowest BCUT2D eigenvalue weighted by Crippen LogP contribution is -2.19. The molecule has 0 radical (unpaired) electrons. The summed E-state index contributed by atoms with van der Waals surface area (Å²) in [5.74, 6) is 0.0213. The SMILES string of the molecule is Nc1nc2ncn(C(CO)c3ccccc3)c2c(=O)[nH]1. The van der Waals surface area contributed by atoms with Gasteiger partial charge in [0.05, 0.1) is 19.0 Å². The van der Waals surface area contributed by atoms with Gasteiger partial charge in [0.2, 0.25) is 5.95 Å². The molecule has 0 aliphatic rings. The summed E-state index contributed by atoms with van der Waals surface area (Å²) in [5.41, 5.74) is 6.55. The lowest BCUT2D eigenvalue weighted by molar-refractivity contribution is 0.251. The molecule has 3 aromatic rings. The maximum atomic E-state index is 12.0. The first-order valence-electron chi connectivity index (χ1n) is 6.09. The number of rotatable bonds is 3.